The lowest BCUT2D eigenvalue weighted by atomic mass is 10.6. The van der Waals surface area contributed by atoms with E-state index in [1.165, 1.54) is 0 Å². The first-order valence-corrected chi connectivity index (χ1v) is 3.36. The average molecular weight is 211 g/mol. The molecule has 0 aliphatic heterocycles. The number of carbonyl (C=O) groups is 1. The van der Waals surface area contributed by atoms with Gasteiger partial charge in [-0.3, -0.25) is 0 Å². The number of nitrogens with zero attached hydrogens (tertiary/aromatic N) is 2. The summed E-state index contributed by atoms with van der Waals surface area (Å²) in [6.45, 7) is 0.117. The van der Waals surface area contributed by atoms with E-state index >= 15 is 0 Å². The summed E-state index contributed by atoms with van der Waals surface area (Å²) in [6.07, 6.45) is 3.38. The first-order valence-electron chi connectivity index (χ1n) is 2.98. The molecule has 0 aliphatic carbocycles. The molecule has 0 spiro atoms. The third-order valence-corrected chi connectivity index (χ3v) is 1.34. The lowest BCUT2D eigenvalue weighted by Crippen LogP contribution is -2.01. The SMILES string of the molecule is Cl.Cn1ccnc1COC(=O)Cl. The van der Waals surface area contributed by atoms with Gasteiger partial charge in [0.25, 0.3) is 0 Å². The number of hydrogen-bond donors (Lipinski definition) is 0. The number of halogens is 2. The van der Waals surface area contributed by atoms with E-state index in [0.717, 1.165) is 0 Å². The maximum atomic E-state index is 10.2. The van der Waals surface area contributed by atoms with Crippen LogP contribution in [0.4, 0.5) is 4.79 Å². The highest BCUT2D eigenvalue weighted by Crippen LogP contribution is 1.98. The highest BCUT2D eigenvalue weighted by atomic mass is 35.5. The number of hydrogen-bond acceptors (Lipinski definition) is 3. The van der Waals surface area contributed by atoms with E-state index in [4.69, 9.17) is 11.6 Å². The summed E-state index contributed by atoms with van der Waals surface area (Å²) in [7, 11) is 1.81. The van der Waals surface area contributed by atoms with Crippen molar-refractivity contribution in [2.45, 2.75) is 6.61 Å². The van der Waals surface area contributed by atoms with Gasteiger partial charge in [0.15, 0.2) is 6.61 Å². The van der Waals surface area contributed by atoms with E-state index in [-0.39, 0.29) is 19.0 Å². The zero-order valence-electron chi connectivity index (χ0n) is 6.36. The molecule has 1 rings (SSSR count). The van der Waals surface area contributed by atoms with Crippen LogP contribution in [-0.2, 0) is 18.4 Å². The Kier molecular flexibility index (Phi) is 4.70. The zero-order valence-corrected chi connectivity index (χ0v) is 7.93. The molecule has 68 valence electrons. The Bertz CT molecular complexity index is 262. The smallest absolute Gasteiger partial charge is 0.404 e. The van der Waals surface area contributed by atoms with Gasteiger partial charge in [-0.15, -0.1) is 12.4 Å². The van der Waals surface area contributed by atoms with Gasteiger partial charge < -0.3 is 9.30 Å². The molecule has 0 amide bonds. The number of ether oxygens (including phenoxy) is 1. The molecule has 12 heavy (non-hydrogen) atoms. The maximum absolute atomic E-state index is 10.2. The van der Waals surface area contributed by atoms with Crippen molar-refractivity contribution >= 4 is 29.4 Å². The fraction of sp³-hybridized carbons (Fsp3) is 0.333. The van der Waals surface area contributed by atoms with Crippen molar-refractivity contribution < 1.29 is 9.53 Å². The normalized spacial score (nSPS) is 8.83. The fourth-order valence-corrected chi connectivity index (χ4v) is 0.711. The van der Waals surface area contributed by atoms with Crippen LogP contribution in [0.1, 0.15) is 5.82 Å². The first-order chi connectivity index (χ1) is 5.20. The molecule has 0 aliphatic rings. The lowest BCUT2D eigenvalue weighted by Gasteiger charge is -1.99. The minimum absolute atomic E-state index is 0. The number of rotatable bonds is 2. The molecule has 1 heterocycles. The molecule has 0 saturated heterocycles. The molecule has 0 saturated carbocycles. The average Bonchev–Trinajstić information content (AvgIpc) is 2.31. The second-order valence-electron chi connectivity index (χ2n) is 1.98. The minimum Gasteiger partial charge on any atom is -0.446 e. The van der Waals surface area contributed by atoms with Crippen LogP contribution in [0.2, 0.25) is 0 Å². The molecule has 0 fully saturated rings. The van der Waals surface area contributed by atoms with Gasteiger partial charge in [-0.05, 0) is 0 Å². The summed E-state index contributed by atoms with van der Waals surface area (Å²) in [5.74, 6) is 0.666. The van der Waals surface area contributed by atoms with E-state index in [0.29, 0.717) is 5.82 Å². The predicted octanol–water partition coefficient (Wildman–Crippen LogP) is 1.72. The standard InChI is InChI=1S/C6H7ClN2O2.ClH/c1-9-3-2-8-5(9)4-11-6(7)10;/h2-3H,4H2,1H3;1H. The Morgan fingerprint density at radius 2 is 2.50 bits per heavy atom. The van der Waals surface area contributed by atoms with Crippen LogP contribution in [0.15, 0.2) is 12.4 Å². The number of imidazole rings is 1. The third kappa shape index (κ3) is 3.11. The van der Waals surface area contributed by atoms with E-state index < -0.39 is 5.43 Å². The monoisotopic (exact) mass is 210 g/mol. The highest BCUT2D eigenvalue weighted by molar-refractivity contribution is 6.61. The van der Waals surface area contributed by atoms with E-state index in [1.54, 1.807) is 17.0 Å². The van der Waals surface area contributed by atoms with Crippen molar-refractivity contribution in [1.29, 1.82) is 0 Å². The topological polar surface area (TPSA) is 44.1 Å². The van der Waals surface area contributed by atoms with Gasteiger partial charge in [0.1, 0.15) is 5.82 Å². The molecule has 4 nitrogen and oxygen atoms in total. The van der Waals surface area contributed by atoms with E-state index in [2.05, 4.69) is 9.72 Å². The molecular formula is C6H8Cl2N2O2. The van der Waals surface area contributed by atoms with Gasteiger partial charge in [-0.2, -0.15) is 0 Å². The van der Waals surface area contributed by atoms with Crippen LogP contribution in [0.25, 0.3) is 0 Å². The van der Waals surface area contributed by atoms with Gasteiger partial charge >= 0.3 is 5.43 Å². The van der Waals surface area contributed by atoms with Crippen molar-refractivity contribution in [2.24, 2.45) is 7.05 Å². The molecule has 1 aromatic heterocycles. The molecule has 0 N–H and O–H groups in total. The molecule has 0 unspecified atom stereocenters. The summed E-state index contributed by atoms with van der Waals surface area (Å²) in [5.41, 5.74) is -0.812. The van der Waals surface area contributed by atoms with Crippen molar-refractivity contribution in [3.8, 4) is 0 Å². The molecule has 0 aromatic carbocycles. The van der Waals surface area contributed by atoms with Crippen LogP contribution in [0.5, 0.6) is 0 Å². The molecule has 6 heteroatoms. The van der Waals surface area contributed by atoms with Crippen molar-refractivity contribution in [3.63, 3.8) is 0 Å². The Morgan fingerprint density at radius 3 is 2.92 bits per heavy atom. The van der Waals surface area contributed by atoms with E-state index in [9.17, 15) is 4.79 Å². The van der Waals surface area contributed by atoms with Crippen molar-refractivity contribution in [3.05, 3.63) is 18.2 Å². The largest absolute Gasteiger partial charge is 0.446 e. The third-order valence-electron chi connectivity index (χ3n) is 1.24. The highest BCUT2D eigenvalue weighted by Gasteiger charge is 2.01. The first kappa shape index (κ1) is 11.3. The zero-order chi connectivity index (χ0) is 8.27. The van der Waals surface area contributed by atoms with E-state index in [1.807, 2.05) is 7.05 Å². The summed E-state index contributed by atoms with van der Waals surface area (Å²) in [5, 5.41) is 0. The molecular weight excluding hydrogens is 203 g/mol. The Hall–Kier alpha value is -0.740. The molecule has 0 bridgehead atoms. The number of aryl methyl sites for hydroxylation is 1. The molecule has 0 radical (unpaired) electrons. The van der Waals surface area contributed by atoms with Crippen LogP contribution >= 0.6 is 24.0 Å². The van der Waals surface area contributed by atoms with Crippen LogP contribution in [0.3, 0.4) is 0 Å². The fourth-order valence-electron chi connectivity index (χ4n) is 0.657. The Labute approximate surface area is 80.9 Å². The van der Waals surface area contributed by atoms with Crippen LogP contribution in [0, 0.1) is 0 Å². The quantitative estimate of drug-likeness (QED) is 0.699. The van der Waals surface area contributed by atoms with Crippen molar-refractivity contribution in [1.82, 2.24) is 9.55 Å². The van der Waals surface area contributed by atoms with Crippen molar-refractivity contribution in [2.75, 3.05) is 0 Å². The van der Waals surface area contributed by atoms with Gasteiger partial charge in [-0.1, -0.05) is 0 Å². The molecule has 0 atom stereocenters. The second-order valence-corrected chi connectivity index (χ2v) is 2.29. The minimum atomic E-state index is -0.812. The molecule has 1 aromatic rings. The van der Waals surface area contributed by atoms with Gasteiger partial charge in [0, 0.05) is 31.0 Å². The summed E-state index contributed by atoms with van der Waals surface area (Å²) in [6, 6.07) is 0. The van der Waals surface area contributed by atoms with Crippen LogP contribution in [-0.4, -0.2) is 15.0 Å². The maximum Gasteiger partial charge on any atom is 0.404 e. The number of carbonyl (C=O) groups excluding carboxylic acids is 1. The number of aromatic nitrogens is 2. The lowest BCUT2D eigenvalue weighted by molar-refractivity contribution is 0.163. The second kappa shape index (κ2) is 5.00. The van der Waals surface area contributed by atoms with Gasteiger partial charge in [0.05, 0.1) is 0 Å². The van der Waals surface area contributed by atoms with Crippen LogP contribution < -0.4 is 0 Å². The summed E-state index contributed by atoms with van der Waals surface area (Å²) in [4.78, 5) is 14.1. The Morgan fingerprint density at radius 1 is 1.83 bits per heavy atom. The van der Waals surface area contributed by atoms with Gasteiger partial charge in [0.2, 0.25) is 0 Å². The summed E-state index contributed by atoms with van der Waals surface area (Å²) < 4.78 is 6.26. The summed E-state index contributed by atoms with van der Waals surface area (Å²) >= 11 is 4.95. The van der Waals surface area contributed by atoms with Gasteiger partial charge in [-0.25, -0.2) is 9.78 Å². The predicted molar refractivity (Wildman–Crippen MR) is 46.5 cm³/mol. The Balaban J connectivity index is 0.00000121.